The predicted octanol–water partition coefficient (Wildman–Crippen LogP) is 2.96. The average molecular weight is 284 g/mol. The quantitative estimate of drug-likeness (QED) is 0.849. The van der Waals surface area contributed by atoms with Crippen LogP contribution in [0.4, 0.5) is 0 Å². The highest BCUT2D eigenvalue weighted by Gasteiger charge is 2.10. The minimum atomic E-state index is 0.654. The van der Waals surface area contributed by atoms with Crippen LogP contribution in [0.15, 0.2) is 48.5 Å². The second-order valence-electron chi connectivity index (χ2n) is 5.30. The van der Waals surface area contributed by atoms with E-state index in [1.165, 1.54) is 16.7 Å². The number of hydrogen-bond acceptors (Lipinski definition) is 3. The van der Waals surface area contributed by atoms with Gasteiger partial charge in [0, 0.05) is 31.7 Å². The van der Waals surface area contributed by atoms with Crippen LogP contribution in [0.5, 0.6) is 5.75 Å². The highest BCUT2D eigenvalue weighted by atomic mass is 16.5. The summed E-state index contributed by atoms with van der Waals surface area (Å²) in [4.78, 5) is 2.35. The van der Waals surface area contributed by atoms with Gasteiger partial charge in [-0.2, -0.15) is 0 Å². The van der Waals surface area contributed by atoms with Crippen molar-refractivity contribution >= 4 is 0 Å². The summed E-state index contributed by atoms with van der Waals surface area (Å²) in [6.07, 6.45) is 0. The van der Waals surface area contributed by atoms with E-state index in [0.717, 1.165) is 25.4 Å². The van der Waals surface area contributed by atoms with Crippen LogP contribution in [0.1, 0.15) is 16.7 Å². The highest BCUT2D eigenvalue weighted by molar-refractivity contribution is 5.36. The smallest absolute Gasteiger partial charge is 0.123 e. The average Bonchev–Trinajstić information content (AvgIpc) is 2.49. The van der Waals surface area contributed by atoms with Gasteiger partial charge in [0.2, 0.25) is 0 Å². The molecule has 2 rings (SSSR count). The molecular formula is C18H24N2O. The molecule has 0 unspecified atom stereocenters. The molecule has 112 valence electrons. The first-order valence-electron chi connectivity index (χ1n) is 7.33. The fourth-order valence-electron chi connectivity index (χ4n) is 2.51. The molecular weight excluding hydrogens is 260 g/mol. The Morgan fingerprint density at radius 2 is 1.81 bits per heavy atom. The van der Waals surface area contributed by atoms with Gasteiger partial charge in [-0.3, -0.25) is 4.90 Å². The van der Waals surface area contributed by atoms with Gasteiger partial charge in [-0.15, -0.1) is 0 Å². The monoisotopic (exact) mass is 284 g/mol. The van der Waals surface area contributed by atoms with Crippen molar-refractivity contribution in [1.29, 1.82) is 0 Å². The molecule has 0 atom stereocenters. The molecule has 0 amide bonds. The van der Waals surface area contributed by atoms with Gasteiger partial charge in [-0.05, 0) is 18.6 Å². The number of hydrogen-bond donors (Lipinski definition) is 1. The summed E-state index contributed by atoms with van der Waals surface area (Å²) in [5.74, 6) is 0.940. The van der Waals surface area contributed by atoms with E-state index in [2.05, 4.69) is 48.2 Å². The largest absolute Gasteiger partial charge is 0.496 e. The molecule has 3 heteroatoms. The van der Waals surface area contributed by atoms with Gasteiger partial charge in [0.25, 0.3) is 0 Å². The summed E-state index contributed by atoms with van der Waals surface area (Å²) in [6, 6.07) is 16.8. The lowest BCUT2D eigenvalue weighted by molar-refractivity contribution is 0.259. The maximum Gasteiger partial charge on any atom is 0.123 e. The molecule has 3 nitrogen and oxygen atoms in total. The van der Waals surface area contributed by atoms with Crippen LogP contribution in [0.3, 0.4) is 0 Å². The molecule has 0 aromatic heterocycles. The van der Waals surface area contributed by atoms with Crippen molar-refractivity contribution in [3.05, 3.63) is 65.2 Å². The Morgan fingerprint density at radius 1 is 1.05 bits per heavy atom. The van der Waals surface area contributed by atoms with E-state index in [0.29, 0.717) is 6.54 Å². The fourth-order valence-corrected chi connectivity index (χ4v) is 2.51. The van der Waals surface area contributed by atoms with Crippen molar-refractivity contribution < 1.29 is 4.74 Å². The molecule has 0 aliphatic rings. The van der Waals surface area contributed by atoms with Gasteiger partial charge in [0.1, 0.15) is 5.75 Å². The first kappa shape index (κ1) is 15.5. The van der Waals surface area contributed by atoms with Crippen LogP contribution < -0.4 is 10.5 Å². The Morgan fingerprint density at radius 3 is 2.48 bits per heavy atom. The molecule has 2 aromatic carbocycles. The minimum absolute atomic E-state index is 0.654. The minimum Gasteiger partial charge on any atom is -0.496 e. The van der Waals surface area contributed by atoms with Crippen LogP contribution in [-0.4, -0.2) is 25.1 Å². The molecule has 0 aliphatic heterocycles. The molecule has 0 bridgehead atoms. The SMILES string of the molecule is COc1ccc(C)cc1CN(CCN)Cc1ccccc1. The Balaban J connectivity index is 2.14. The summed E-state index contributed by atoms with van der Waals surface area (Å²) >= 11 is 0. The van der Waals surface area contributed by atoms with Crippen LogP contribution in [-0.2, 0) is 13.1 Å². The van der Waals surface area contributed by atoms with E-state index in [9.17, 15) is 0 Å². The maximum absolute atomic E-state index is 5.76. The number of nitrogens with two attached hydrogens (primary N) is 1. The summed E-state index contributed by atoms with van der Waals surface area (Å²) < 4.78 is 5.47. The van der Waals surface area contributed by atoms with Gasteiger partial charge in [-0.1, -0.05) is 48.0 Å². The standard InChI is InChI=1S/C18H24N2O/c1-15-8-9-18(21-2)17(12-15)14-20(11-10-19)13-16-6-4-3-5-7-16/h3-9,12H,10-11,13-14,19H2,1-2H3. The highest BCUT2D eigenvalue weighted by Crippen LogP contribution is 2.22. The maximum atomic E-state index is 5.76. The molecule has 21 heavy (non-hydrogen) atoms. The molecule has 2 aromatic rings. The molecule has 2 N–H and O–H groups in total. The van der Waals surface area contributed by atoms with Crippen molar-refractivity contribution in [1.82, 2.24) is 4.90 Å². The third-order valence-corrected chi connectivity index (χ3v) is 3.52. The van der Waals surface area contributed by atoms with Gasteiger partial charge >= 0.3 is 0 Å². The lowest BCUT2D eigenvalue weighted by Gasteiger charge is -2.23. The molecule has 0 spiro atoms. The summed E-state index contributed by atoms with van der Waals surface area (Å²) in [7, 11) is 1.72. The Kier molecular flexibility index (Phi) is 5.78. The summed E-state index contributed by atoms with van der Waals surface area (Å²) in [6.45, 7) is 5.37. The predicted molar refractivity (Wildman–Crippen MR) is 87.3 cm³/mol. The van der Waals surface area contributed by atoms with E-state index in [4.69, 9.17) is 10.5 Å². The first-order chi connectivity index (χ1) is 10.2. The lowest BCUT2D eigenvalue weighted by atomic mass is 10.1. The van der Waals surface area contributed by atoms with Crippen LogP contribution in [0.25, 0.3) is 0 Å². The zero-order valence-corrected chi connectivity index (χ0v) is 12.9. The fraction of sp³-hybridized carbons (Fsp3) is 0.333. The molecule has 0 saturated heterocycles. The number of methoxy groups -OCH3 is 1. The molecule has 0 aliphatic carbocycles. The lowest BCUT2D eigenvalue weighted by Crippen LogP contribution is -2.28. The van der Waals surface area contributed by atoms with E-state index in [-0.39, 0.29) is 0 Å². The van der Waals surface area contributed by atoms with Gasteiger partial charge in [0.15, 0.2) is 0 Å². The van der Waals surface area contributed by atoms with Gasteiger partial charge < -0.3 is 10.5 Å². The second kappa shape index (κ2) is 7.81. The summed E-state index contributed by atoms with van der Waals surface area (Å²) in [5, 5.41) is 0. The van der Waals surface area contributed by atoms with Crippen LogP contribution in [0.2, 0.25) is 0 Å². The Hall–Kier alpha value is -1.84. The number of aryl methyl sites for hydroxylation is 1. The van der Waals surface area contributed by atoms with E-state index in [1.54, 1.807) is 7.11 Å². The second-order valence-corrected chi connectivity index (χ2v) is 5.30. The third kappa shape index (κ3) is 4.59. The van der Waals surface area contributed by atoms with Crippen molar-refractivity contribution in [3.8, 4) is 5.75 Å². The molecule has 0 saturated carbocycles. The normalized spacial score (nSPS) is 10.9. The first-order valence-corrected chi connectivity index (χ1v) is 7.33. The zero-order chi connectivity index (χ0) is 15.1. The van der Waals surface area contributed by atoms with Crippen LogP contribution >= 0.6 is 0 Å². The van der Waals surface area contributed by atoms with E-state index < -0.39 is 0 Å². The van der Waals surface area contributed by atoms with Crippen molar-refractivity contribution in [2.75, 3.05) is 20.2 Å². The Labute approximate surface area is 127 Å². The number of benzene rings is 2. The Bertz CT molecular complexity index is 554. The zero-order valence-electron chi connectivity index (χ0n) is 12.9. The number of nitrogens with zero attached hydrogens (tertiary/aromatic N) is 1. The van der Waals surface area contributed by atoms with Crippen molar-refractivity contribution in [2.24, 2.45) is 5.73 Å². The molecule has 0 heterocycles. The van der Waals surface area contributed by atoms with Gasteiger partial charge in [0.05, 0.1) is 7.11 Å². The van der Waals surface area contributed by atoms with Crippen molar-refractivity contribution in [2.45, 2.75) is 20.0 Å². The summed E-state index contributed by atoms with van der Waals surface area (Å²) in [5.41, 5.74) is 9.53. The number of ether oxygens (including phenoxy) is 1. The number of rotatable bonds is 7. The van der Waals surface area contributed by atoms with Crippen molar-refractivity contribution in [3.63, 3.8) is 0 Å². The third-order valence-electron chi connectivity index (χ3n) is 3.52. The van der Waals surface area contributed by atoms with E-state index >= 15 is 0 Å². The topological polar surface area (TPSA) is 38.5 Å². The molecule has 0 fully saturated rings. The van der Waals surface area contributed by atoms with E-state index in [1.807, 2.05) is 12.1 Å². The van der Waals surface area contributed by atoms with Gasteiger partial charge in [-0.25, -0.2) is 0 Å². The van der Waals surface area contributed by atoms with Crippen LogP contribution in [0, 0.1) is 6.92 Å². The molecule has 0 radical (unpaired) electrons.